The monoisotopic (exact) mass is 288 g/mol. The molecule has 2 bridgehead atoms. The minimum atomic E-state index is -0.206. The van der Waals surface area contributed by atoms with E-state index in [2.05, 4.69) is 41.6 Å². The van der Waals surface area contributed by atoms with Crippen LogP contribution in [-0.2, 0) is 0 Å². The van der Waals surface area contributed by atoms with E-state index >= 15 is 0 Å². The second-order valence-electron chi connectivity index (χ2n) is 7.19. The number of carbonyl (C=O) groups excluding carboxylic acids is 1. The Morgan fingerprint density at radius 1 is 1.29 bits per heavy atom. The standard InChI is InChI=1S/C16H24N4O/c1-15(2)10-7-8-16(15,3)12(9-10)18-13-6-5-11(19-20-13)14(21)17-4/h5-6,10,12H,7-9H2,1-4H3,(H,17,21)(H,18,20). The van der Waals surface area contributed by atoms with Crippen LogP contribution in [0.4, 0.5) is 5.82 Å². The normalized spacial score (nSPS) is 33.0. The van der Waals surface area contributed by atoms with Crippen molar-refractivity contribution in [2.75, 3.05) is 12.4 Å². The summed E-state index contributed by atoms with van der Waals surface area (Å²) in [5.74, 6) is 1.34. The lowest BCUT2D eigenvalue weighted by Gasteiger charge is -2.39. The van der Waals surface area contributed by atoms with E-state index in [4.69, 9.17) is 0 Å². The molecule has 1 aromatic rings. The van der Waals surface area contributed by atoms with Crippen molar-refractivity contribution in [2.45, 2.75) is 46.1 Å². The molecule has 2 fully saturated rings. The van der Waals surface area contributed by atoms with Gasteiger partial charge in [-0.15, -0.1) is 10.2 Å². The molecule has 2 N–H and O–H groups in total. The third kappa shape index (κ3) is 2.01. The molecular weight excluding hydrogens is 264 g/mol. The summed E-state index contributed by atoms with van der Waals surface area (Å²) >= 11 is 0. The van der Waals surface area contributed by atoms with Gasteiger partial charge in [-0.25, -0.2) is 0 Å². The van der Waals surface area contributed by atoms with Crippen LogP contribution >= 0.6 is 0 Å². The van der Waals surface area contributed by atoms with Crippen LogP contribution < -0.4 is 10.6 Å². The van der Waals surface area contributed by atoms with Crippen LogP contribution in [0.2, 0.25) is 0 Å². The SMILES string of the molecule is CNC(=O)c1ccc(NC2CC3CCC2(C)C3(C)C)nn1. The molecule has 3 unspecified atom stereocenters. The van der Waals surface area contributed by atoms with Gasteiger partial charge in [0.1, 0.15) is 5.82 Å². The maximum atomic E-state index is 11.5. The molecule has 3 atom stereocenters. The molecule has 1 amide bonds. The maximum Gasteiger partial charge on any atom is 0.271 e. The van der Waals surface area contributed by atoms with Crippen LogP contribution in [0.25, 0.3) is 0 Å². The first-order valence-corrected chi connectivity index (χ1v) is 7.71. The Morgan fingerprint density at radius 3 is 2.52 bits per heavy atom. The second kappa shape index (κ2) is 4.68. The number of nitrogens with zero attached hydrogens (tertiary/aromatic N) is 2. The van der Waals surface area contributed by atoms with Crippen LogP contribution in [-0.4, -0.2) is 29.2 Å². The Bertz CT molecular complexity index is 554. The molecule has 3 rings (SSSR count). The average molecular weight is 288 g/mol. The van der Waals surface area contributed by atoms with Crippen LogP contribution in [0, 0.1) is 16.7 Å². The fraction of sp³-hybridized carbons (Fsp3) is 0.688. The van der Waals surface area contributed by atoms with Crippen molar-refractivity contribution in [3.8, 4) is 0 Å². The van der Waals surface area contributed by atoms with E-state index in [1.165, 1.54) is 19.3 Å². The zero-order chi connectivity index (χ0) is 15.3. The van der Waals surface area contributed by atoms with E-state index in [9.17, 15) is 4.79 Å². The van der Waals surface area contributed by atoms with E-state index in [0.717, 1.165) is 11.7 Å². The lowest BCUT2D eigenvalue weighted by molar-refractivity contribution is 0.0957. The van der Waals surface area contributed by atoms with Gasteiger partial charge in [-0.3, -0.25) is 4.79 Å². The summed E-state index contributed by atoms with van der Waals surface area (Å²) < 4.78 is 0. The Hall–Kier alpha value is -1.65. The van der Waals surface area contributed by atoms with Crippen molar-refractivity contribution in [2.24, 2.45) is 16.7 Å². The summed E-state index contributed by atoms with van der Waals surface area (Å²) in [6.07, 6.45) is 3.80. The van der Waals surface area contributed by atoms with Crippen molar-refractivity contribution in [1.29, 1.82) is 0 Å². The molecule has 2 aliphatic carbocycles. The molecule has 1 heterocycles. The summed E-state index contributed by atoms with van der Waals surface area (Å²) in [6, 6.07) is 4.00. The molecular formula is C16H24N4O. The van der Waals surface area contributed by atoms with Crippen LogP contribution in [0.5, 0.6) is 0 Å². The van der Waals surface area contributed by atoms with Gasteiger partial charge in [-0.05, 0) is 48.1 Å². The lowest BCUT2D eigenvalue weighted by atomic mass is 9.69. The highest BCUT2D eigenvalue weighted by Crippen LogP contribution is 2.65. The molecule has 5 nitrogen and oxygen atoms in total. The highest BCUT2D eigenvalue weighted by Gasteiger charge is 2.61. The van der Waals surface area contributed by atoms with Gasteiger partial charge in [0.15, 0.2) is 5.69 Å². The van der Waals surface area contributed by atoms with Gasteiger partial charge >= 0.3 is 0 Å². The topological polar surface area (TPSA) is 66.9 Å². The number of anilines is 1. The molecule has 0 spiro atoms. The third-order valence-electron chi connectivity index (χ3n) is 6.24. The van der Waals surface area contributed by atoms with Crippen molar-refractivity contribution in [3.63, 3.8) is 0 Å². The van der Waals surface area contributed by atoms with Crippen molar-refractivity contribution >= 4 is 11.7 Å². The molecule has 0 saturated heterocycles. The van der Waals surface area contributed by atoms with Crippen LogP contribution in [0.3, 0.4) is 0 Å². The Kier molecular flexibility index (Phi) is 3.19. The Labute approximate surface area is 125 Å². The molecule has 0 aromatic carbocycles. The lowest BCUT2D eigenvalue weighted by Crippen LogP contribution is -2.40. The Balaban J connectivity index is 1.75. The van der Waals surface area contributed by atoms with Crippen molar-refractivity contribution in [3.05, 3.63) is 17.8 Å². The zero-order valence-electron chi connectivity index (χ0n) is 13.2. The van der Waals surface area contributed by atoms with Crippen LogP contribution in [0.1, 0.15) is 50.5 Å². The number of hydrogen-bond donors (Lipinski definition) is 2. The van der Waals surface area contributed by atoms with E-state index in [1.54, 1.807) is 13.1 Å². The van der Waals surface area contributed by atoms with Crippen molar-refractivity contribution in [1.82, 2.24) is 15.5 Å². The largest absolute Gasteiger partial charge is 0.365 e. The van der Waals surface area contributed by atoms with Gasteiger partial charge in [-0.2, -0.15) is 0 Å². The van der Waals surface area contributed by atoms with Gasteiger partial charge in [0.2, 0.25) is 0 Å². The van der Waals surface area contributed by atoms with E-state index in [0.29, 0.717) is 22.6 Å². The molecule has 21 heavy (non-hydrogen) atoms. The predicted molar refractivity (Wildman–Crippen MR) is 82.1 cm³/mol. The number of amides is 1. The first kappa shape index (κ1) is 14.3. The second-order valence-corrected chi connectivity index (χ2v) is 7.19. The van der Waals surface area contributed by atoms with Crippen LogP contribution in [0.15, 0.2) is 12.1 Å². The summed E-state index contributed by atoms with van der Waals surface area (Å²) in [7, 11) is 1.59. The summed E-state index contributed by atoms with van der Waals surface area (Å²) in [5, 5.41) is 14.2. The van der Waals surface area contributed by atoms with E-state index in [1.807, 2.05) is 6.07 Å². The smallest absolute Gasteiger partial charge is 0.271 e. The number of aromatic nitrogens is 2. The molecule has 0 radical (unpaired) electrons. The summed E-state index contributed by atoms with van der Waals surface area (Å²) in [5.41, 5.74) is 1.03. The predicted octanol–water partition coefficient (Wildman–Crippen LogP) is 2.46. The summed E-state index contributed by atoms with van der Waals surface area (Å²) in [4.78, 5) is 11.5. The fourth-order valence-electron chi connectivity index (χ4n) is 4.26. The number of fused-ring (bicyclic) bond motifs is 2. The van der Waals surface area contributed by atoms with Gasteiger partial charge in [0.25, 0.3) is 5.91 Å². The molecule has 1 aromatic heterocycles. The minimum Gasteiger partial charge on any atom is -0.365 e. The quantitative estimate of drug-likeness (QED) is 0.896. The average Bonchev–Trinajstić information content (AvgIpc) is 2.80. The fourth-order valence-corrected chi connectivity index (χ4v) is 4.26. The number of rotatable bonds is 3. The molecule has 2 saturated carbocycles. The van der Waals surface area contributed by atoms with E-state index in [-0.39, 0.29) is 5.91 Å². The molecule has 5 heteroatoms. The maximum absolute atomic E-state index is 11.5. The van der Waals surface area contributed by atoms with Crippen molar-refractivity contribution < 1.29 is 4.79 Å². The first-order valence-electron chi connectivity index (χ1n) is 7.71. The van der Waals surface area contributed by atoms with E-state index < -0.39 is 0 Å². The molecule has 2 aliphatic rings. The highest BCUT2D eigenvalue weighted by molar-refractivity contribution is 5.91. The minimum absolute atomic E-state index is 0.206. The van der Waals surface area contributed by atoms with Gasteiger partial charge in [0, 0.05) is 13.1 Å². The summed E-state index contributed by atoms with van der Waals surface area (Å²) in [6.45, 7) is 7.18. The number of carbonyl (C=O) groups is 1. The Morgan fingerprint density at radius 2 is 2.05 bits per heavy atom. The first-order chi connectivity index (χ1) is 9.88. The highest BCUT2D eigenvalue weighted by atomic mass is 16.1. The molecule has 0 aliphatic heterocycles. The van der Waals surface area contributed by atoms with Gasteiger partial charge in [0.05, 0.1) is 0 Å². The molecule has 114 valence electrons. The van der Waals surface area contributed by atoms with Gasteiger partial charge in [-0.1, -0.05) is 20.8 Å². The van der Waals surface area contributed by atoms with Gasteiger partial charge < -0.3 is 10.6 Å². The number of hydrogen-bond acceptors (Lipinski definition) is 4. The number of nitrogens with one attached hydrogen (secondary N) is 2. The third-order valence-corrected chi connectivity index (χ3v) is 6.24. The zero-order valence-corrected chi connectivity index (χ0v) is 13.2.